The lowest BCUT2D eigenvalue weighted by Crippen LogP contribution is -2.09. The molecule has 0 aromatic rings. The maximum absolute atomic E-state index is 4.90. The monoisotopic (exact) mass is 223 g/mol. The third-order valence-corrected chi connectivity index (χ3v) is 9.23. The van der Waals surface area contributed by atoms with E-state index in [0.29, 0.717) is 0 Å². The maximum Gasteiger partial charge on any atom is 0.0486 e. The van der Waals surface area contributed by atoms with Crippen LogP contribution in [0.2, 0.25) is 0 Å². The van der Waals surface area contributed by atoms with E-state index in [9.17, 15) is 0 Å². The van der Waals surface area contributed by atoms with E-state index in [1.54, 1.807) is 0 Å². The lowest BCUT2D eigenvalue weighted by atomic mass is 11.3. The normalized spacial score (nSPS) is 17.6. The van der Waals surface area contributed by atoms with Gasteiger partial charge in [-0.2, -0.15) is 0 Å². The van der Waals surface area contributed by atoms with Gasteiger partial charge in [0.25, 0.3) is 0 Å². The lowest BCUT2D eigenvalue weighted by molar-refractivity contribution is 0.666. The van der Waals surface area contributed by atoms with E-state index in [-0.39, 0.29) is 0 Å². The van der Waals surface area contributed by atoms with E-state index in [4.69, 9.17) is 4.52 Å². The van der Waals surface area contributed by atoms with E-state index in [0.717, 1.165) is 0 Å². The highest BCUT2D eigenvalue weighted by Crippen LogP contribution is 2.57. The van der Waals surface area contributed by atoms with Crippen LogP contribution in [0.5, 0.6) is 0 Å². The Kier molecular flexibility index (Phi) is 4.46. The fraction of sp³-hybridized carbons (Fsp3) is 0.875. The topological polar surface area (TPSA) is 18.8 Å². The summed E-state index contributed by atoms with van der Waals surface area (Å²) in [4.78, 5) is 0. The van der Waals surface area contributed by atoms with Gasteiger partial charge in [0.1, 0.15) is 0 Å². The average Bonchev–Trinajstić information content (AvgIpc) is 1.83. The Morgan fingerprint density at radius 3 is 1.54 bits per heavy atom. The highest BCUT2D eigenvalue weighted by atomic mass is 31.2. The van der Waals surface area contributed by atoms with Crippen molar-refractivity contribution < 1.29 is 0 Å². The van der Waals surface area contributed by atoms with Crippen molar-refractivity contribution >= 4 is 20.7 Å². The molecule has 80 valence electrons. The number of nitrogens with zero attached hydrogens (tertiary/aromatic N) is 3. The van der Waals surface area contributed by atoms with Gasteiger partial charge in [-0.05, 0) is 48.2 Å². The van der Waals surface area contributed by atoms with Crippen LogP contribution in [-0.2, 0) is 0 Å². The Morgan fingerprint density at radius 2 is 1.31 bits per heavy atom. The van der Waals surface area contributed by atoms with Gasteiger partial charge in [0.05, 0.1) is 0 Å². The Hall–Kier alpha value is 0.450. The van der Waals surface area contributed by atoms with Crippen molar-refractivity contribution in [1.82, 2.24) is 9.34 Å². The van der Waals surface area contributed by atoms with Crippen LogP contribution in [0.4, 0.5) is 0 Å². The van der Waals surface area contributed by atoms with Crippen LogP contribution in [0.3, 0.4) is 0 Å². The van der Waals surface area contributed by atoms with E-state index in [2.05, 4.69) is 63.8 Å². The van der Waals surface area contributed by atoms with Crippen molar-refractivity contribution in [2.45, 2.75) is 0 Å². The van der Waals surface area contributed by atoms with Crippen LogP contribution in [0.25, 0.3) is 0 Å². The molecule has 0 radical (unpaired) electrons. The van der Waals surface area contributed by atoms with Crippen LogP contribution in [0, 0.1) is 0 Å². The number of hydrogen-bond donors (Lipinski definition) is 0. The van der Waals surface area contributed by atoms with Crippen LogP contribution in [-0.4, -0.2) is 63.8 Å². The zero-order chi connectivity index (χ0) is 10.9. The molecule has 0 saturated heterocycles. The molecule has 0 bridgehead atoms. The molecule has 1 atom stereocenters. The summed E-state index contributed by atoms with van der Waals surface area (Å²) >= 11 is 0. The minimum Gasteiger partial charge on any atom is -0.276 e. The first-order chi connectivity index (χ1) is 5.59. The van der Waals surface area contributed by atoms with Gasteiger partial charge in [-0.15, -0.1) is 0 Å². The molecule has 0 aliphatic rings. The molecule has 0 rings (SSSR count). The second-order valence-electron chi connectivity index (χ2n) is 4.21. The summed E-state index contributed by atoms with van der Waals surface area (Å²) in [5.74, 6) is 0. The molecule has 0 fully saturated rings. The predicted octanol–water partition coefficient (Wildman–Crippen LogP) is 2.39. The molecule has 0 aromatic carbocycles. The quantitative estimate of drug-likeness (QED) is 0.684. The zero-order valence-electron chi connectivity index (χ0n) is 9.94. The Balaban J connectivity index is 5.05. The fourth-order valence-corrected chi connectivity index (χ4v) is 5.68. The van der Waals surface area contributed by atoms with Crippen LogP contribution < -0.4 is 0 Å². The van der Waals surface area contributed by atoms with Crippen molar-refractivity contribution in [3.8, 4) is 0 Å². The highest BCUT2D eigenvalue weighted by Gasteiger charge is 2.14. The zero-order valence-corrected chi connectivity index (χ0v) is 11.7. The molecule has 0 spiro atoms. The number of hydrogen-bond acceptors (Lipinski definition) is 2. The first-order valence-electron chi connectivity index (χ1n) is 4.25. The SMILES string of the molecule is C=P(C)(N=P(C)(C)N(C)C)N(C)C. The van der Waals surface area contributed by atoms with Crippen molar-refractivity contribution in [3.05, 3.63) is 0 Å². The van der Waals surface area contributed by atoms with Crippen LogP contribution in [0.15, 0.2) is 4.52 Å². The molecular formula is C8H23N3P2. The van der Waals surface area contributed by atoms with Gasteiger partial charge in [0.15, 0.2) is 0 Å². The second-order valence-corrected chi connectivity index (χ2v) is 11.4. The fourth-order valence-electron chi connectivity index (χ4n) is 0.632. The smallest absolute Gasteiger partial charge is 0.0486 e. The molecule has 13 heavy (non-hydrogen) atoms. The first-order valence-corrected chi connectivity index (χ1v) is 9.16. The molecule has 5 heteroatoms. The molecular weight excluding hydrogens is 200 g/mol. The molecule has 3 nitrogen and oxygen atoms in total. The van der Waals surface area contributed by atoms with Crippen LogP contribution >= 0.6 is 14.4 Å². The third-order valence-electron chi connectivity index (χ3n) is 2.25. The van der Waals surface area contributed by atoms with Gasteiger partial charge < -0.3 is 0 Å². The molecule has 0 heterocycles. The van der Waals surface area contributed by atoms with Gasteiger partial charge in [-0.3, -0.25) is 13.9 Å². The van der Waals surface area contributed by atoms with Crippen LogP contribution in [0.1, 0.15) is 0 Å². The Labute approximate surface area is 83.3 Å². The molecule has 1 unspecified atom stereocenters. The summed E-state index contributed by atoms with van der Waals surface area (Å²) in [7, 11) is 5.53. The molecule has 0 aliphatic heterocycles. The summed E-state index contributed by atoms with van der Waals surface area (Å²) in [6.07, 6.45) is 4.21. The standard InChI is InChI=1S/C8H23N3P2/c1-10(2)12(5,6)9-13(7,8)11(3)4/h5H2,1-4,6-8H3. The highest BCUT2D eigenvalue weighted by molar-refractivity contribution is 7.77. The minimum absolute atomic E-state index is 1.29. The molecule has 0 saturated carbocycles. The largest absolute Gasteiger partial charge is 0.276 e. The number of rotatable bonds is 3. The van der Waals surface area contributed by atoms with Gasteiger partial charge in [-0.25, -0.2) is 0 Å². The van der Waals surface area contributed by atoms with Crippen molar-refractivity contribution in [2.75, 3.05) is 48.2 Å². The summed E-state index contributed by atoms with van der Waals surface area (Å²) < 4.78 is 9.28. The van der Waals surface area contributed by atoms with Gasteiger partial charge in [0, 0.05) is 14.4 Å². The van der Waals surface area contributed by atoms with E-state index in [1.165, 1.54) is 0 Å². The Bertz CT molecular complexity index is 263. The molecule has 0 aliphatic carbocycles. The van der Waals surface area contributed by atoms with Crippen molar-refractivity contribution in [3.63, 3.8) is 0 Å². The van der Waals surface area contributed by atoms with Crippen molar-refractivity contribution in [2.24, 2.45) is 4.52 Å². The summed E-state index contributed by atoms with van der Waals surface area (Å²) in [6, 6.07) is 0. The van der Waals surface area contributed by atoms with E-state index < -0.39 is 14.4 Å². The average molecular weight is 223 g/mol. The summed E-state index contributed by atoms with van der Waals surface area (Å²) in [6.45, 7) is 6.60. The molecule has 0 N–H and O–H groups in total. The second kappa shape index (κ2) is 4.31. The van der Waals surface area contributed by atoms with E-state index in [1.807, 2.05) is 0 Å². The van der Waals surface area contributed by atoms with Gasteiger partial charge in [0.2, 0.25) is 0 Å². The Morgan fingerprint density at radius 1 is 0.923 bits per heavy atom. The maximum atomic E-state index is 4.90. The molecule has 0 amide bonds. The predicted molar refractivity (Wildman–Crippen MR) is 68.5 cm³/mol. The lowest BCUT2D eigenvalue weighted by Gasteiger charge is -2.30. The van der Waals surface area contributed by atoms with Gasteiger partial charge >= 0.3 is 0 Å². The van der Waals surface area contributed by atoms with Gasteiger partial charge in [-0.1, -0.05) is 6.30 Å². The summed E-state index contributed by atoms with van der Waals surface area (Å²) in [5.41, 5.74) is 0. The summed E-state index contributed by atoms with van der Waals surface area (Å²) in [5, 5.41) is 0. The van der Waals surface area contributed by atoms with Crippen molar-refractivity contribution in [1.29, 1.82) is 0 Å². The minimum atomic E-state index is -1.47. The molecule has 0 aromatic heterocycles. The van der Waals surface area contributed by atoms with E-state index >= 15 is 0 Å². The first kappa shape index (κ1) is 13.4. The third kappa shape index (κ3) is 3.99.